The van der Waals surface area contributed by atoms with Gasteiger partial charge in [0.05, 0.1) is 21.3 Å². The Morgan fingerprint density at radius 3 is 1.57 bits per heavy atom. The molecule has 1 aliphatic heterocycles. The molecule has 0 atom stereocenters. The Kier molecular flexibility index (Phi) is 7.31. The maximum Gasteiger partial charge on any atom is 0.234 e. The van der Waals surface area contributed by atoms with Crippen molar-refractivity contribution in [3.05, 3.63) is 46.4 Å². The second-order valence-electron chi connectivity index (χ2n) is 7.77. The number of rotatable bonds is 8. The molecule has 2 N–H and O–H groups in total. The van der Waals surface area contributed by atoms with E-state index in [1.807, 2.05) is 13.8 Å². The number of benzene rings is 2. The molecule has 0 fully saturated rings. The smallest absolute Gasteiger partial charge is 0.234 e. The molecule has 0 bridgehead atoms. The number of fused-ring (bicyclic) bond motifs is 3. The van der Waals surface area contributed by atoms with E-state index in [9.17, 15) is 18.0 Å². The summed E-state index contributed by atoms with van der Waals surface area (Å²) in [4.78, 5) is 25.0. The molecule has 0 spiro atoms. The monoisotopic (exact) mass is 590 g/mol. The normalized spacial score (nSPS) is 13.1. The third-order valence-electron chi connectivity index (χ3n) is 5.07. The number of thioether (sulfide) groups is 2. The lowest BCUT2D eigenvalue weighted by Crippen LogP contribution is -2.14. The van der Waals surface area contributed by atoms with Gasteiger partial charge in [0.25, 0.3) is 0 Å². The number of amides is 2. The van der Waals surface area contributed by atoms with E-state index in [2.05, 4.69) is 31.0 Å². The summed E-state index contributed by atoms with van der Waals surface area (Å²) in [6, 6.07) is 9.61. The minimum absolute atomic E-state index is 0.110. The third-order valence-corrected chi connectivity index (χ3v) is 10.8. The topological polar surface area (TPSA) is 144 Å². The van der Waals surface area contributed by atoms with Gasteiger partial charge in [0, 0.05) is 22.5 Å². The van der Waals surface area contributed by atoms with Crippen molar-refractivity contribution in [2.45, 2.75) is 32.3 Å². The van der Waals surface area contributed by atoms with Crippen LogP contribution >= 0.6 is 46.2 Å². The van der Waals surface area contributed by atoms with E-state index < -0.39 is 9.84 Å². The maximum absolute atomic E-state index is 13.3. The largest absolute Gasteiger partial charge is 0.325 e. The van der Waals surface area contributed by atoms with Gasteiger partial charge in [-0.15, -0.1) is 20.4 Å². The van der Waals surface area contributed by atoms with Crippen molar-refractivity contribution in [3.63, 3.8) is 0 Å². The van der Waals surface area contributed by atoms with Gasteiger partial charge in [-0.25, -0.2) is 8.42 Å². The molecule has 5 rings (SSSR count). The predicted molar refractivity (Wildman–Crippen MR) is 145 cm³/mol. The SMILES string of the molecule is Cc1nnc(SCC(=O)Nc2ccc3c(c2)S(=O)(=O)c2cc(NC(=O)CSc4nnc(C)s4)ccc2-3)s1. The van der Waals surface area contributed by atoms with E-state index >= 15 is 0 Å². The summed E-state index contributed by atoms with van der Waals surface area (Å²) in [7, 11) is -3.83. The summed E-state index contributed by atoms with van der Waals surface area (Å²) in [5.74, 6) is -0.313. The summed E-state index contributed by atoms with van der Waals surface area (Å²) in [5.41, 5.74) is 1.86. The number of aromatic nitrogens is 4. The fourth-order valence-corrected chi connectivity index (χ4v) is 8.50. The van der Waals surface area contributed by atoms with Gasteiger partial charge in [0.1, 0.15) is 10.0 Å². The average molecular weight is 591 g/mol. The number of hydrogen-bond donors (Lipinski definition) is 2. The Morgan fingerprint density at radius 1 is 0.757 bits per heavy atom. The van der Waals surface area contributed by atoms with Gasteiger partial charge in [-0.3, -0.25) is 9.59 Å². The fourth-order valence-electron chi connectivity index (χ4n) is 3.53. The highest BCUT2D eigenvalue weighted by atomic mass is 32.2. The van der Waals surface area contributed by atoms with Crippen LogP contribution in [-0.2, 0) is 19.4 Å². The molecule has 0 radical (unpaired) electrons. The average Bonchev–Trinajstić information content (AvgIpc) is 3.53. The summed E-state index contributed by atoms with van der Waals surface area (Å²) < 4.78 is 28.0. The number of sulfone groups is 1. The second-order valence-corrected chi connectivity index (χ2v) is 14.5. The Bertz CT molecular complexity index is 1520. The lowest BCUT2D eigenvalue weighted by Gasteiger charge is -2.07. The molecule has 10 nitrogen and oxygen atoms in total. The molecule has 0 saturated carbocycles. The number of aryl methyl sites for hydroxylation is 2. The minimum Gasteiger partial charge on any atom is -0.325 e. The summed E-state index contributed by atoms with van der Waals surface area (Å²) in [5, 5.41) is 22.9. The van der Waals surface area contributed by atoms with Crippen molar-refractivity contribution in [1.29, 1.82) is 0 Å². The molecule has 0 aliphatic carbocycles. The number of carbonyl (C=O) groups is 2. The van der Waals surface area contributed by atoms with Gasteiger partial charge in [-0.1, -0.05) is 58.3 Å². The number of anilines is 2. The van der Waals surface area contributed by atoms with Crippen LogP contribution in [0.4, 0.5) is 11.4 Å². The molecule has 2 aromatic heterocycles. The zero-order valence-electron chi connectivity index (χ0n) is 19.3. The van der Waals surface area contributed by atoms with Crippen molar-refractivity contribution in [1.82, 2.24) is 20.4 Å². The molecule has 0 unspecified atom stereocenters. The number of carbonyl (C=O) groups excluding carboxylic acids is 2. The first kappa shape index (κ1) is 25.8. The first-order valence-corrected chi connectivity index (χ1v) is 15.8. The van der Waals surface area contributed by atoms with Crippen LogP contribution < -0.4 is 10.6 Å². The summed E-state index contributed by atoms with van der Waals surface area (Å²) >= 11 is 5.33. The molecule has 15 heteroatoms. The summed E-state index contributed by atoms with van der Waals surface area (Å²) in [6.45, 7) is 3.67. The van der Waals surface area contributed by atoms with E-state index in [1.165, 1.54) is 58.3 Å². The van der Waals surface area contributed by atoms with Crippen LogP contribution in [0.1, 0.15) is 10.0 Å². The molecule has 1 aliphatic rings. The van der Waals surface area contributed by atoms with Crippen LogP contribution in [0, 0.1) is 13.8 Å². The maximum atomic E-state index is 13.3. The van der Waals surface area contributed by atoms with Crippen LogP contribution in [0.2, 0.25) is 0 Å². The Hall–Kier alpha value is -2.85. The predicted octanol–water partition coefficient (Wildman–Crippen LogP) is 4.28. The highest BCUT2D eigenvalue weighted by Crippen LogP contribution is 2.45. The molecule has 4 aromatic rings. The van der Waals surface area contributed by atoms with E-state index in [1.54, 1.807) is 24.3 Å². The lowest BCUT2D eigenvalue weighted by molar-refractivity contribution is -0.114. The number of nitrogens with one attached hydrogen (secondary N) is 2. The van der Waals surface area contributed by atoms with Gasteiger partial charge in [-0.05, 0) is 38.1 Å². The van der Waals surface area contributed by atoms with Crippen LogP contribution in [0.15, 0.2) is 54.9 Å². The molecule has 3 heterocycles. The van der Waals surface area contributed by atoms with Gasteiger partial charge in [-0.2, -0.15) is 0 Å². The molecule has 2 aromatic carbocycles. The van der Waals surface area contributed by atoms with Gasteiger partial charge >= 0.3 is 0 Å². The van der Waals surface area contributed by atoms with Crippen molar-refractivity contribution < 1.29 is 18.0 Å². The van der Waals surface area contributed by atoms with E-state index in [0.717, 1.165) is 10.0 Å². The Labute approximate surface area is 228 Å². The molecular formula is C22H18N6O4S5. The third kappa shape index (κ3) is 5.70. The number of nitrogens with zero attached hydrogens (tertiary/aromatic N) is 4. The first-order chi connectivity index (χ1) is 17.7. The Balaban J connectivity index is 1.26. The molecule has 0 saturated heterocycles. The van der Waals surface area contributed by atoms with Gasteiger partial charge in [0.15, 0.2) is 8.68 Å². The van der Waals surface area contributed by atoms with Crippen molar-refractivity contribution in [2.24, 2.45) is 0 Å². The second kappa shape index (κ2) is 10.5. The first-order valence-electron chi connectivity index (χ1n) is 10.7. The van der Waals surface area contributed by atoms with Crippen LogP contribution in [0.25, 0.3) is 11.1 Å². The van der Waals surface area contributed by atoms with Gasteiger partial charge < -0.3 is 10.6 Å². The van der Waals surface area contributed by atoms with E-state index in [-0.39, 0.29) is 33.1 Å². The van der Waals surface area contributed by atoms with Crippen molar-refractivity contribution in [2.75, 3.05) is 22.1 Å². The zero-order chi connectivity index (χ0) is 26.2. The zero-order valence-corrected chi connectivity index (χ0v) is 23.4. The number of hydrogen-bond acceptors (Lipinski definition) is 12. The quantitative estimate of drug-likeness (QED) is 0.251. The summed E-state index contributed by atoms with van der Waals surface area (Å²) in [6.07, 6.45) is 0. The molecule has 37 heavy (non-hydrogen) atoms. The fraction of sp³-hybridized carbons (Fsp3) is 0.182. The van der Waals surface area contributed by atoms with Crippen molar-refractivity contribution >= 4 is 79.2 Å². The molecule has 2 amide bonds. The Morgan fingerprint density at radius 2 is 1.19 bits per heavy atom. The van der Waals surface area contributed by atoms with E-state index in [4.69, 9.17) is 0 Å². The van der Waals surface area contributed by atoms with Crippen LogP contribution in [0.5, 0.6) is 0 Å². The minimum atomic E-state index is -3.83. The molecule has 190 valence electrons. The highest BCUT2D eigenvalue weighted by Gasteiger charge is 2.33. The lowest BCUT2D eigenvalue weighted by atomic mass is 10.0. The standard InChI is InChI=1S/C22H18N6O4S5/c1-11-25-27-21(35-11)33-9-19(29)23-13-3-5-15-16-6-4-14(8-18(16)37(31,32)17(15)7-13)24-20(30)10-34-22-28-26-12(2)36-22/h3-8H,9-10H2,1-2H3,(H,23,29)(H,24,30). The van der Waals surface area contributed by atoms with Gasteiger partial charge in [0.2, 0.25) is 21.7 Å². The molecular weight excluding hydrogens is 573 g/mol. The highest BCUT2D eigenvalue weighted by molar-refractivity contribution is 8.01. The van der Waals surface area contributed by atoms with Crippen LogP contribution in [-0.4, -0.2) is 52.1 Å². The van der Waals surface area contributed by atoms with E-state index in [0.29, 0.717) is 31.2 Å². The van der Waals surface area contributed by atoms with Crippen molar-refractivity contribution in [3.8, 4) is 11.1 Å². The van der Waals surface area contributed by atoms with Crippen LogP contribution in [0.3, 0.4) is 0 Å².